The van der Waals surface area contributed by atoms with Crippen LogP contribution in [0.5, 0.6) is 0 Å². The van der Waals surface area contributed by atoms with Crippen molar-refractivity contribution in [2.45, 2.75) is 51.1 Å². The molecule has 0 heterocycles. The predicted octanol–water partition coefficient (Wildman–Crippen LogP) is 4.43. The van der Waals surface area contributed by atoms with E-state index >= 15 is 0 Å². The van der Waals surface area contributed by atoms with Gasteiger partial charge < -0.3 is 5.32 Å². The van der Waals surface area contributed by atoms with Gasteiger partial charge in [-0.25, -0.2) is 0 Å². The van der Waals surface area contributed by atoms with Gasteiger partial charge in [-0.1, -0.05) is 47.8 Å². The summed E-state index contributed by atoms with van der Waals surface area (Å²) in [5, 5.41) is 3.79. The number of hydrogen-bond acceptors (Lipinski definition) is 1. The van der Waals surface area contributed by atoms with E-state index in [1.54, 1.807) is 0 Å². The molecule has 2 rings (SSSR count). The standard InChI is InChI=1S/C14H20BrN/c1-2-14(16-13-8-3-4-9-13)11-6-5-7-12(15)10-11/h5-7,10,13-14,16H,2-4,8-9H2,1H3. The zero-order valence-corrected chi connectivity index (χ0v) is 11.5. The Morgan fingerprint density at radius 3 is 2.75 bits per heavy atom. The Bertz CT molecular complexity index is 331. The molecule has 1 saturated carbocycles. The lowest BCUT2D eigenvalue weighted by atomic mass is 10.0. The molecule has 0 saturated heterocycles. The average molecular weight is 282 g/mol. The van der Waals surface area contributed by atoms with Gasteiger partial charge in [0.2, 0.25) is 0 Å². The van der Waals surface area contributed by atoms with Crippen molar-refractivity contribution in [1.82, 2.24) is 5.32 Å². The minimum Gasteiger partial charge on any atom is -0.307 e. The Morgan fingerprint density at radius 1 is 1.38 bits per heavy atom. The summed E-state index contributed by atoms with van der Waals surface area (Å²) in [4.78, 5) is 0. The molecule has 0 aliphatic heterocycles. The van der Waals surface area contributed by atoms with Gasteiger partial charge in [0.05, 0.1) is 0 Å². The van der Waals surface area contributed by atoms with E-state index < -0.39 is 0 Å². The van der Waals surface area contributed by atoms with Gasteiger partial charge in [0, 0.05) is 16.6 Å². The number of halogens is 1. The maximum atomic E-state index is 3.79. The number of hydrogen-bond donors (Lipinski definition) is 1. The van der Waals surface area contributed by atoms with Crippen molar-refractivity contribution >= 4 is 15.9 Å². The van der Waals surface area contributed by atoms with E-state index in [2.05, 4.69) is 52.4 Å². The molecule has 1 aliphatic rings. The molecule has 1 N–H and O–H groups in total. The van der Waals surface area contributed by atoms with E-state index in [9.17, 15) is 0 Å². The Labute approximate surface area is 107 Å². The summed E-state index contributed by atoms with van der Waals surface area (Å²) in [6.07, 6.45) is 6.65. The molecule has 1 aromatic carbocycles. The first-order valence-corrected chi connectivity index (χ1v) is 7.10. The van der Waals surface area contributed by atoms with Crippen molar-refractivity contribution in [3.63, 3.8) is 0 Å². The molecule has 0 amide bonds. The van der Waals surface area contributed by atoms with Gasteiger partial charge in [0.1, 0.15) is 0 Å². The van der Waals surface area contributed by atoms with Crippen molar-refractivity contribution in [3.8, 4) is 0 Å². The lowest BCUT2D eigenvalue weighted by Crippen LogP contribution is -2.30. The average Bonchev–Trinajstić information content (AvgIpc) is 2.78. The topological polar surface area (TPSA) is 12.0 Å². The summed E-state index contributed by atoms with van der Waals surface area (Å²) < 4.78 is 1.18. The first-order chi connectivity index (χ1) is 7.79. The third kappa shape index (κ3) is 3.08. The lowest BCUT2D eigenvalue weighted by molar-refractivity contribution is 0.430. The zero-order valence-electron chi connectivity index (χ0n) is 9.88. The van der Waals surface area contributed by atoms with E-state index in [1.807, 2.05) is 0 Å². The summed E-state index contributed by atoms with van der Waals surface area (Å²) in [5.41, 5.74) is 1.41. The summed E-state index contributed by atoms with van der Waals surface area (Å²) in [7, 11) is 0. The molecule has 1 aliphatic carbocycles. The largest absolute Gasteiger partial charge is 0.307 e. The van der Waals surface area contributed by atoms with Crippen LogP contribution in [-0.4, -0.2) is 6.04 Å². The van der Waals surface area contributed by atoms with Crippen LogP contribution in [-0.2, 0) is 0 Å². The fourth-order valence-corrected chi connectivity index (χ4v) is 2.97. The highest BCUT2D eigenvalue weighted by atomic mass is 79.9. The fraction of sp³-hybridized carbons (Fsp3) is 0.571. The molecule has 0 spiro atoms. The second-order valence-electron chi connectivity index (χ2n) is 4.66. The van der Waals surface area contributed by atoms with Crippen LogP contribution in [0.15, 0.2) is 28.7 Å². The van der Waals surface area contributed by atoms with Crippen LogP contribution in [0.1, 0.15) is 50.6 Å². The maximum absolute atomic E-state index is 3.79. The minimum atomic E-state index is 0.514. The van der Waals surface area contributed by atoms with Crippen molar-refractivity contribution in [1.29, 1.82) is 0 Å². The minimum absolute atomic E-state index is 0.514. The Balaban J connectivity index is 2.03. The van der Waals surface area contributed by atoms with E-state index in [0.717, 1.165) is 12.5 Å². The third-order valence-corrected chi connectivity index (χ3v) is 3.94. The van der Waals surface area contributed by atoms with Gasteiger partial charge in [-0.05, 0) is 37.0 Å². The predicted molar refractivity (Wildman–Crippen MR) is 72.6 cm³/mol. The van der Waals surface area contributed by atoms with Gasteiger partial charge in [-0.3, -0.25) is 0 Å². The van der Waals surface area contributed by atoms with Crippen LogP contribution in [0.3, 0.4) is 0 Å². The molecule has 1 atom stereocenters. The SMILES string of the molecule is CCC(NC1CCCC1)c1cccc(Br)c1. The summed E-state index contributed by atoms with van der Waals surface area (Å²) in [5.74, 6) is 0. The highest BCUT2D eigenvalue weighted by molar-refractivity contribution is 9.10. The van der Waals surface area contributed by atoms with E-state index in [1.165, 1.54) is 35.7 Å². The molecule has 0 bridgehead atoms. The second-order valence-corrected chi connectivity index (χ2v) is 5.58. The first-order valence-electron chi connectivity index (χ1n) is 6.31. The number of benzene rings is 1. The highest BCUT2D eigenvalue weighted by Gasteiger charge is 2.19. The quantitative estimate of drug-likeness (QED) is 0.861. The van der Waals surface area contributed by atoms with Crippen LogP contribution >= 0.6 is 15.9 Å². The maximum Gasteiger partial charge on any atom is 0.0320 e. The van der Waals surface area contributed by atoms with Crippen LogP contribution in [0.2, 0.25) is 0 Å². The lowest BCUT2D eigenvalue weighted by Gasteiger charge is -2.22. The molecule has 1 unspecified atom stereocenters. The van der Waals surface area contributed by atoms with Crippen molar-refractivity contribution in [2.75, 3.05) is 0 Å². The molecule has 1 nitrogen and oxygen atoms in total. The molecular weight excluding hydrogens is 262 g/mol. The van der Waals surface area contributed by atoms with E-state index in [-0.39, 0.29) is 0 Å². The number of nitrogens with one attached hydrogen (secondary N) is 1. The first kappa shape index (κ1) is 12.1. The van der Waals surface area contributed by atoms with E-state index in [0.29, 0.717) is 6.04 Å². The summed E-state index contributed by atoms with van der Waals surface area (Å²) in [6.45, 7) is 2.26. The smallest absolute Gasteiger partial charge is 0.0320 e. The summed E-state index contributed by atoms with van der Waals surface area (Å²) in [6, 6.07) is 9.92. The van der Waals surface area contributed by atoms with Gasteiger partial charge in [-0.2, -0.15) is 0 Å². The third-order valence-electron chi connectivity index (χ3n) is 3.45. The Hall–Kier alpha value is -0.340. The van der Waals surface area contributed by atoms with Gasteiger partial charge >= 0.3 is 0 Å². The monoisotopic (exact) mass is 281 g/mol. The Morgan fingerprint density at radius 2 is 2.12 bits per heavy atom. The van der Waals surface area contributed by atoms with Gasteiger partial charge in [0.25, 0.3) is 0 Å². The Kier molecular flexibility index (Phi) is 4.42. The molecule has 0 radical (unpaired) electrons. The molecule has 0 aromatic heterocycles. The second kappa shape index (κ2) is 5.83. The molecule has 88 valence electrons. The molecule has 16 heavy (non-hydrogen) atoms. The zero-order chi connectivity index (χ0) is 11.4. The van der Waals surface area contributed by atoms with Crippen molar-refractivity contribution < 1.29 is 0 Å². The number of rotatable bonds is 4. The normalized spacial score (nSPS) is 18.9. The van der Waals surface area contributed by atoms with Crippen LogP contribution < -0.4 is 5.32 Å². The van der Waals surface area contributed by atoms with Crippen LogP contribution in [0.25, 0.3) is 0 Å². The van der Waals surface area contributed by atoms with Crippen LogP contribution in [0.4, 0.5) is 0 Å². The van der Waals surface area contributed by atoms with Crippen LogP contribution in [0, 0.1) is 0 Å². The van der Waals surface area contributed by atoms with Crippen molar-refractivity contribution in [3.05, 3.63) is 34.3 Å². The summed E-state index contributed by atoms with van der Waals surface area (Å²) >= 11 is 3.54. The highest BCUT2D eigenvalue weighted by Crippen LogP contribution is 2.25. The van der Waals surface area contributed by atoms with Gasteiger partial charge in [0.15, 0.2) is 0 Å². The molecule has 2 heteroatoms. The molecule has 1 aromatic rings. The molecule has 1 fully saturated rings. The van der Waals surface area contributed by atoms with Crippen molar-refractivity contribution in [2.24, 2.45) is 0 Å². The fourth-order valence-electron chi connectivity index (χ4n) is 2.55. The van der Waals surface area contributed by atoms with E-state index in [4.69, 9.17) is 0 Å². The molecular formula is C14H20BrN. The van der Waals surface area contributed by atoms with Gasteiger partial charge in [-0.15, -0.1) is 0 Å².